The molecular formula is C21H33NO6. The fourth-order valence-corrected chi connectivity index (χ4v) is 2.52. The quantitative estimate of drug-likeness (QED) is 0.259. The largest absolute Gasteiger partial charge is 0.464 e. The SMILES string of the molecule is CCOC(CC)(CC/C(C)=C(/NC=O)C(=O)OC)OC.OCc1ccccc1. The molecule has 0 aliphatic heterocycles. The summed E-state index contributed by atoms with van der Waals surface area (Å²) in [6.45, 7) is 6.33. The Bertz CT molecular complexity index is 596. The van der Waals surface area contributed by atoms with E-state index < -0.39 is 11.8 Å². The highest BCUT2D eigenvalue weighted by molar-refractivity contribution is 5.90. The fourth-order valence-electron chi connectivity index (χ4n) is 2.52. The number of carbonyl (C=O) groups is 2. The first-order chi connectivity index (χ1) is 13.4. The number of benzene rings is 1. The molecule has 1 amide bonds. The molecule has 1 rings (SSSR count). The monoisotopic (exact) mass is 395 g/mol. The number of aliphatic hydroxyl groups excluding tert-OH is 1. The molecule has 158 valence electrons. The molecule has 0 aliphatic rings. The van der Waals surface area contributed by atoms with E-state index >= 15 is 0 Å². The summed E-state index contributed by atoms with van der Waals surface area (Å²) in [6, 6.07) is 9.52. The molecule has 1 aromatic carbocycles. The van der Waals surface area contributed by atoms with Gasteiger partial charge in [0.2, 0.25) is 6.41 Å². The van der Waals surface area contributed by atoms with Gasteiger partial charge in [-0.05, 0) is 37.8 Å². The number of esters is 1. The van der Waals surface area contributed by atoms with Crippen LogP contribution in [0.15, 0.2) is 41.6 Å². The molecule has 0 aliphatic carbocycles. The van der Waals surface area contributed by atoms with Gasteiger partial charge in [-0.1, -0.05) is 37.3 Å². The van der Waals surface area contributed by atoms with Crippen molar-refractivity contribution in [3.05, 3.63) is 47.2 Å². The van der Waals surface area contributed by atoms with Gasteiger partial charge in [-0.2, -0.15) is 0 Å². The molecule has 0 aromatic heterocycles. The van der Waals surface area contributed by atoms with Crippen LogP contribution in [-0.4, -0.2) is 44.1 Å². The van der Waals surface area contributed by atoms with Crippen molar-refractivity contribution in [2.45, 2.75) is 52.4 Å². The molecule has 0 saturated heterocycles. The van der Waals surface area contributed by atoms with E-state index in [1.807, 2.05) is 44.2 Å². The van der Waals surface area contributed by atoms with E-state index in [4.69, 9.17) is 14.6 Å². The molecule has 0 spiro atoms. The highest BCUT2D eigenvalue weighted by Crippen LogP contribution is 2.26. The van der Waals surface area contributed by atoms with Crippen molar-refractivity contribution in [1.82, 2.24) is 5.32 Å². The van der Waals surface area contributed by atoms with Crippen LogP contribution in [0.4, 0.5) is 0 Å². The summed E-state index contributed by atoms with van der Waals surface area (Å²) in [4.78, 5) is 22.1. The number of carbonyl (C=O) groups excluding carboxylic acids is 2. The van der Waals surface area contributed by atoms with Gasteiger partial charge in [-0.3, -0.25) is 4.79 Å². The lowest BCUT2D eigenvalue weighted by Gasteiger charge is -2.31. The van der Waals surface area contributed by atoms with Crippen molar-refractivity contribution in [2.24, 2.45) is 0 Å². The van der Waals surface area contributed by atoms with Crippen molar-refractivity contribution < 1.29 is 28.9 Å². The zero-order valence-electron chi connectivity index (χ0n) is 17.5. The van der Waals surface area contributed by atoms with Crippen LogP contribution in [0, 0.1) is 0 Å². The standard InChI is InChI=1S/C14H25NO5.C7H8O/c1-6-14(19-5,20-7-2)9-8-11(3)12(15-10-16)13(17)18-4;8-6-7-4-2-1-3-5-7/h10H,6-9H2,1-5H3,(H,15,16);1-5,8H,6H2/b12-11+;. The molecule has 1 aromatic rings. The zero-order valence-corrected chi connectivity index (χ0v) is 17.5. The second-order valence-corrected chi connectivity index (χ2v) is 5.95. The third kappa shape index (κ3) is 9.12. The minimum Gasteiger partial charge on any atom is -0.464 e. The minimum absolute atomic E-state index is 0.140. The van der Waals surface area contributed by atoms with E-state index in [-0.39, 0.29) is 12.3 Å². The molecule has 2 N–H and O–H groups in total. The van der Waals surface area contributed by atoms with Crippen molar-refractivity contribution in [1.29, 1.82) is 0 Å². The summed E-state index contributed by atoms with van der Waals surface area (Å²) in [7, 11) is 2.87. The first kappa shape index (κ1) is 25.8. The number of rotatable bonds is 11. The summed E-state index contributed by atoms with van der Waals surface area (Å²) >= 11 is 0. The predicted molar refractivity (Wildman–Crippen MR) is 107 cm³/mol. The molecule has 28 heavy (non-hydrogen) atoms. The fraction of sp³-hybridized carbons (Fsp3) is 0.524. The maximum Gasteiger partial charge on any atom is 0.354 e. The van der Waals surface area contributed by atoms with Crippen LogP contribution in [0.5, 0.6) is 0 Å². The summed E-state index contributed by atoms with van der Waals surface area (Å²) in [5.41, 5.74) is 1.85. The summed E-state index contributed by atoms with van der Waals surface area (Å²) in [6.07, 6.45) is 2.29. The third-order valence-corrected chi connectivity index (χ3v) is 4.24. The van der Waals surface area contributed by atoms with Crippen LogP contribution < -0.4 is 5.32 Å². The molecule has 1 atom stereocenters. The van der Waals surface area contributed by atoms with Crippen molar-refractivity contribution in [2.75, 3.05) is 20.8 Å². The lowest BCUT2D eigenvalue weighted by atomic mass is 10.0. The summed E-state index contributed by atoms with van der Waals surface area (Å²) < 4.78 is 15.7. The summed E-state index contributed by atoms with van der Waals surface area (Å²) in [5, 5.41) is 10.9. The van der Waals surface area contributed by atoms with Gasteiger partial charge in [0, 0.05) is 20.1 Å². The van der Waals surface area contributed by atoms with Gasteiger partial charge in [0.15, 0.2) is 5.79 Å². The first-order valence-electron chi connectivity index (χ1n) is 9.25. The molecule has 1 unspecified atom stereocenters. The van der Waals surface area contributed by atoms with Crippen molar-refractivity contribution >= 4 is 12.4 Å². The van der Waals surface area contributed by atoms with Crippen LogP contribution in [-0.2, 0) is 30.4 Å². The topological polar surface area (TPSA) is 94.1 Å². The Morgan fingerprint density at radius 3 is 2.25 bits per heavy atom. The number of allylic oxidation sites excluding steroid dienone is 1. The van der Waals surface area contributed by atoms with E-state index in [0.29, 0.717) is 32.3 Å². The first-order valence-corrected chi connectivity index (χ1v) is 9.25. The Hall–Kier alpha value is -2.22. The van der Waals surface area contributed by atoms with E-state index in [1.54, 1.807) is 14.0 Å². The molecular weight excluding hydrogens is 362 g/mol. The number of aliphatic hydroxyl groups is 1. The Balaban J connectivity index is 0.000000749. The minimum atomic E-state index is -0.668. The number of hydrogen-bond acceptors (Lipinski definition) is 6. The van der Waals surface area contributed by atoms with Gasteiger partial charge in [0.1, 0.15) is 5.70 Å². The average Bonchev–Trinajstić information content (AvgIpc) is 2.75. The van der Waals surface area contributed by atoms with E-state index in [1.165, 1.54) is 7.11 Å². The van der Waals surface area contributed by atoms with Gasteiger partial charge < -0.3 is 24.6 Å². The molecule has 0 radical (unpaired) electrons. The zero-order chi connectivity index (χ0) is 21.4. The molecule has 0 fully saturated rings. The van der Waals surface area contributed by atoms with Gasteiger partial charge >= 0.3 is 5.97 Å². The highest BCUT2D eigenvalue weighted by Gasteiger charge is 2.28. The van der Waals surface area contributed by atoms with E-state index in [9.17, 15) is 9.59 Å². The maximum absolute atomic E-state index is 11.6. The Labute approximate surface area is 167 Å². The summed E-state index contributed by atoms with van der Waals surface area (Å²) in [5.74, 6) is -1.23. The van der Waals surface area contributed by atoms with Crippen LogP contribution in [0.1, 0.15) is 45.6 Å². The Morgan fingerprint density at radius 1 is 1.21 bits per heavy atom. The predicted octanol–water partition coefficient (Wildman–Crippen LogP) is 2.93. The smallest absolute Gasteiger partial charge is 0.354 e. The van der Waals surface area contributed by atoms with Crippen LogP contribution >= 0.6 is 0 Å². The third-order valence-electron chi connectivity index (χ3n) is 4.24. The average molecular weight is 395 g/mol. The molecule has 0 heterocycles. The number of amides is 1. The number of nitrogens with one attached hydrogen (secondary N) is 1. The number of ether oxygens (including phenoxy) is 3. The molecule has 7 nitrogen and oxygen atoms in total. The van der Waals surface area contributed by atoms with Crippen molar-refractivity contribution in [3.8, 4) is 0 Å². The second-order valence-electron chi connectivity index (χ2n) is 5.95. The molecule has 0 bridgehead atoms. The Kier molecular flexibility index (Phi) is 13.6. The lowest BCUT2D eigenvalue weighted by molar-refractivity contribution is -0.225. The van der Waals surface area contributed by atoms with E-state index in [0.717, 1.165) is 11.1 Å². The highest BCUT2D eigenvalue weighted by atomic mass is 16.7. The normalized spacial score (nSPS) is 13.4. The number of methoxy groups -OCH3 is 2. The van der Waals surface area contributed by atoms with Crippen molar-refractivity contribution in [3.63, 3.8) is 0 Å². The number of hydrogen-bond donors (Lipinski definition) is 2. The van der Waals surface area contributed by atoms with Gasteiger partial charge in [0.05, 0.1) is 13.7 Å². The lowest BCUT2D eigenvalue weighted by Crippen LogP contribution is -2.34. The maximum atomic E-state index is 11.6. The van der Waals surface area contributed by atoms with Crippen LogP contribution in [0.2, 0.25) is 0 Å². The van der Waals surface area contributed by atoms with E-state index in [2.05, 4.69) is 10.1 Å². The van der Waals surface area contributed by atoms with Gasteiger partial charge in [0.25, 0.3) is 0 Å². The van der Waals surface area contributed by atoms with Crippen LogP contribution in [0.25, 0.3) is 0 Å². The molecule has 0 saturated carbocycles. The van der Waals surface area contributed by atoms with Gasteiger partial charge in [-0.15, -0.1) is 0 Å². The second kappa shape index (κ2) is 14.8. The molecule has 7 heteroatoms. The van der Waals surface area contributed by atoms with Gasteiger partial charge in [-0.25, -0.2) is 4.79 Å². The van der Waals surface area contributed by atoms with Crippen LogP contribution in [0.3, 0.4) is 0 Å². The Morgan fingerprint density at radius 2 is 1.86 bits per heavy atom.